The van der Waals surface area contributed by atoms with E-state index in [4.69, 9.17) is 4.42 Å². The predicted octanol–water partition coefficient (Wildman–Crippen LogP) is 4.53. The molecule has 1 heterocycles. The van der Waals surface area contributed by atoms with Crippen molar-refractivity contribution in [2.24, 2.45) is 0 Å². The summed E-state index contributed by atoms with van der Waals surface area (Å²) >= 11 is 0. The van der Waals surface area contributed by atoms with Crippen molar-refractivity contribution in [3.05, 3.63) is 108 Å². The van der Waals surface area contributed by atoms with Gasteiger partial charge in [0.15, 0.2) is 0 Å². The van der Waals surface area contributed by atoms with E-state index >= 15 is 0 Å². The lowest BCUT2D eigenvalue weighted by Gasteiger charge is -2.16. The van der Waals surface area contributed by atoms with E-state index in [1.165, 1.54) is 42.5 Å². The van der Waals surface area contributed by atoms with E-state index in [-0.39, 0.29) is 17.3 Å². The van der Waals surface area contributed by atoms with Crippen molar-refractivity contribution in [3.8, 4) is 11.5 Å². The third-order valence-corrected chi connectivity index (χ3v) is 4.27. The molecule has 0 aliphatic carbocycles. The fraction of sp³-hybridized carbons (Fsp3) is 0.0455. The van der Waals surface area contributed by atoms with Crippen LogP contribution in [0.5, 0.6) is 0 Å². The van der Waals surface area contributed by atoms with Crippen LogP contribution >= 0.6 is 0 Å². The van der Waals surface area contributed by atoms with Gasteiger partial charge in [0.25, 0.3) is 5.91 Å². The first kappa shape index (κ1) is 18.5. The first-order valence-electron chi connectivity index (χ1n) is 8.81. The molecule has 1 aromatic heterocycles. The predicted molar refractivity (Wildman–Crippen MR) is 102 cm³/mol. The molecule has 0 aliphatic heterocycles. The number of halogens is 2. The number of rotatable bonds is 5. The molecular formula is C22H15F2N3O2. The van der Waals surface area contributed by atoms with Crippen molar-refractivity contribution in [2.45, 2.75) is 6.04 Å². The average Bonchev–Trinajstić information content (AvgIpc) is 3.23. The number of amides is 1. The highest BCUT2D eigenvalue weighted by Crippen LogP contribution is 2.25. The van der Waals surface area contributed by atoms with Gasteiger partial charge in [-0.3, -0.25) is 4.79 Å². The Bertz CT molecular complexity index is 1130. The summed E-state index contributed by atoms with van der Waals surface area (Å²) in [5, 5.41) is 10.9. The number of carbonyl (C=O) groups excluding carboxylic acids is 1. The second kappa shape index (κ2) is 8.02. The number of hydrogen-bond acceptors (Lipinski definition) is 4. The fourth-order valence-corrected chi connectivity index (χ4v) is 2.84. The average molecular weight is 391 g/mol. The molecule has 3 aromatic carbocycles. The van der Waals surface area contributed by atoms with Gasteiger partial charge in [0.1, 0.15) is 17.7 Å². The molecule has 0 saturated heterocycles. The maximum absolute atomic E-state index is 13.5. The van der Waals surface area contributed by atoms with Gasteiger partial charge >= 0.3 is 0 Å². The van der Waals surface area contributed by atoms with Crippen molar-refractivity contribution in [1.29, 1.82) is 0 Å². The minimum atomic E-state index is -0.837. The molecule has 1 amide bonds. The lowest BCUT2D eigenvalue weighted by Crippen LogP contribution is -2.29. The summed E-state index contributed by atoms with van der Waals surface area (Å²) in [6, 6.07) is 19.2. The van der Waals surface area contributed by atoms with Gasteiger partial charge in [-0.05, 0) is 48.0 Å². The molecule has 1 atom stereocenters. The van der Waals surface area contributed by atoms with Gasteiger partial charge in [-0.2, -0.15) is 0 Å². The van der Waals surface area contributed by atoms with E-state index in [0.717, 1.165) is 11.6 Å². The molecular weight excluding hydrogens is 376 g/mol. The van der Waals surface area contributed by atoms with Gasteiger partial charge in [-0.1, -0.05) is 36.4 Å². The van der Waals surface area contributed by atoms with Crippen LogP contribution in [0.3, 0.4) is 0 Å². The summed E-state index contributed by atoms with van der Waals surface area (Å²) in [5.74, 6) is -1.06. The van der Waals surface area contributed by atoms with Gasteiger partial charge in [0.05, 0.1) is 0 Å². The van der Waals surface area contributed by atoms with Gasteiger partial charge in [-0.25, -0.2) is 8.78 Å². The quantitative estimate of drug-likeness (QED) is 0.543. The zero-order chi connectivity index (χ0) is 20.2. The third-order valence-electron chi connectivity index (χ3n) is 4.27. The number of aromatic nitrogens is 2. The lowest BCUT2D eigenvalue weighted by atomic mass is 10.1. The molecule has 144 valence electrons. The fourth-order valence-electron chi connectivity index (χ4n) is 2.84. The molecule has 0 spiro atoms. The number of carbonyl (C=O) groups is 1. The van der Waals surface area contributed by atoms with Crippen molar-refractivity contribution < 1.29 is 18.0 Å². The second-order valence-corrected chi connectivity index (χ2v) is 6.28. The lowest BCUT2D eigenvalue weighted by molar-refractivity contribution is 0.0937. The highest BCUT2D eigenvalue weighted by Gasteiger charge is 2.24. The second-order valence-electron chi connectivity index (χ2n) is 6.28. The molecule has 5 nitrogen and oxygen atoms in total. The van der Waals surface area contributed by atoms with Gasteiger partial charge in [-0.15, -0.1) is 10.2 Å². The Morgan fingerprint density at radius 3 is 2.34 bits per heavy atom. The maximum atomic E-state index is 13.5. The summed E-state index contributed by atoms with van der Waals surface area (Å²) in [6.45, 7) is 0. The largest absolute Gasteiger partial charge is 0.418 e. The van der Waals surface area contributed by atoms with Crippen molar-refractivity contribution >= 4 is 5.91 Å². The van der Waals surface area contributed by atoms with E-state index < -0.39 is 23.6 Å². The first-order chi connectivity index (χ1) is 14.1. The minimum absolute atomic E-state index is 0.125. The summed E-state index contributed by atoms with van der Waals surface area (Å²) < 4.78 is 32.6. The van der Waals surface area contributed by atoms with Crippen LogP contribution in [-0.2, 0) is 0 Å². The zero-order valence-electron chi connectivity index (χ0n) is 15.0. The molecule has 0 aliphatic rings. The summed E-state index contributed by atoms with van der Waals surface area (Å²) in [7, 11) is 0. The molecule has 0 radical (unpaired) electrons. The van der Waals surface area contributed by atoms with Gasteiger partial charge in [0.2, 0.25) is 11.8 Å². The topological polar surface area (TPSA) is 68.0 Å². The molecule has 0 unspecified atom stereocenters. The first-order valence-corrected chi connectivity index (χ1v) is 8.81. The molecule has 7 heteroatoms. The van der Waals surface area contributed by atoms with E-state index in [2.05, 4.69) is 15.5 Å². The van der Waals surface area contributed by atoms with E-state index in [9.17, 15) is 13.6 Å². The van der Waals surface area contributed by atoms with E-state index in [1.807, 2.05) is 30.3 Å². The van der Waals surface area contributed by atoms with Crippen molar-refractivity contribution in [3.63, 3.8) is 0 Å². The third kappa shape index (κ3) is 4.19. The maximum Gasteiger partial charge on any atom is 0.252 e. The normalized spacial score (nSPS) is 11.8. The number of nitrogens with one attached hydrogen (secondary N) is 1. The number of nitrogens with zero attached hydrogens (tertiary/aromatic N) is 2. The monoisotopic (exact) mass is 391 g/mol. The minimum Gasteiger partial charge on any atom is -0.418 e. The molecule has 0 bridgehead atoms. The Hall–Kier alpha value is -3.87. The number of hydrogen-bond donors (Lipinski definition) is 1. The highest BCUT2D eigenvalue weighted by atomic mass is 19.1. The smallest absolute Gasteiger partial charge is 0.252 e. The highest BCUT2D eigenvalue weighted by molar-refractivity contribution is 5.94. The van der Waals surface area contributed by atoms with Crippen LogP contribution in [0.15, 0.2) is 83.3 Å². The standard InChI is InChI=1S/C22H15F2N3O2/c23-17-11-9-14(10-12-17)19(25-20(28)16-7-4-8-18(24)13-16)22-27-26-21(29-22)15-5-2-1-3-6-15/h1-13,19H,(H,25,28)/t19-/m0/s1. The van der Waals surface area contributed by atoms with Crippen LogP contribution in [-0.4, -0.2) is 16.1 Å². The van der Waals surface area contributed by atoms with Crippen LogP contribution < -0.4 is 5.32 Å². The van der Waals surface area contributed by atoms with Gasteiger partial charge in [0, 0.05) is 11.1 Å². The Morgan fingerprint density at radius 1 is 0.862 bits per heavy atom. The molecule has 4 rings (SSSR count). The molecule has 0 fully saturated rings. The van der Waals surface area contributed by atoms with Crippen molar-refractivity contribution in [1.82, 2.24) is 15.5 Å². The zero-order valence-corrected chi connectivity index (χ0v) is 15.0. The van der Waals surface area contributed by atoms with E-state index in [0.29, 0.717) is 5.56 Å². The molecule has 1 N–H and O–H groups in total. The van der Waals surface area contributed by atoms with Crippen LogP contribution in [0.4, 0.5) is 8.78 Å². The summed E-state index contributed by atoms with van der Waals surface area (Å²) in [5.41, 5.74) is 1.40. The van der Waals surface area contributed by atoms with Crippen LogP contribution in [0.25, 0.3) is 11.5 Å². The van der Waals surface area contributed by atoms with Gasteiger partial charge < -0.3 is 9.73 Å². The number of benzene rings is 3. The van der Waals surface area contributed by atoms with Crippen molar-refractivity contribution in [2.75, 3.05) is 0 Å². The Morgan fingerprint density at radius 2 is 1.62 bits per heavy atom. The Kier molecular flexibility index (Phi) is 5.11. The molecule has 0 saturated carbocycles. The molecule has 29 heavy (non-hydrogen) atoms. The molecule has 4 aromatic rings. The summed E-state index contributed by atoms with van der Waals surface area (Å²) in [6.07, 6.45) is 0. The van der Waals surface area contributed by atoms with Crippen LogP contribution in [0.2, 0.25) is 0 Å². The van der Waals surface area contributed by atoms with Crippen LogP contribution in [0.1, 0.15) is 27.9 Å². The Labute approximate surface area is 165 Å². The van der Waals surface area contributed by atoms with E-state index in [1.54, 1.807) is 0 Å². The Balaban J connectivity index is 1.68. The SMILES string of the molecule is O=C(N[C@@H](c1ccc(F)cc1)c1nnc(-c2ccccc2)o1)c1cccc(F)c1. The van der Waals surface area contributed by atoms with Crippen LogP contribution in [0, 0.1) is 11.6 Å². The summed E-state index contributed by atoms with van der Waals surface area (Å²) in [4.78, 5) is 12.7.